The summed E-state index contributed by atoms with van der Waals surface area (Å²) in [5.41, 5.74) is -0.414. The third-order valence-electron chi connectivity index (χ3n) is 4.70. The van der Waals surface area contributed by atoms with E-state index >= 15 is 0 Å². The van der Waals surface area contributed by atoms with Crippen molar-refractivity contribution in [1.29, 1.82) is 0 Å². The van der Waals surface area contributed by atoms with Gasteiger partial charge in [-0.25, -0.2) is 0 Å². The van der Waals surface area contributed by atoms with Gasteiger partial charge in [0.2, 0.25) is 0 Å². The molecule has 1 heterocycles. The second kappa shape index (κ2) is 7.16. The lowest BCUT2D eigenvalue weighted by molar-refractivity contribution is 0.0282. The van der Waals surface area contributed by atoms with Crippen LogP contribution >= 0.6 is 11.8 Å². The van der Waals surface area contributed by atoms with Crippen LogP contribution in [0.3, 0.4) is 0 Å². The summed E-state index contributed by atoms with van der Waals surface area (Å²) in [6.07, 6.45) is 10.1. The Kier molecular flexibility index (Phi) is 5.84. The van der Waals surface area contributed by atoms with E-state index in [2.05, 4.69) is 12.2 Å². The average Bonchev–Trinajstić information content (AvgIpc) is 2.82. The number of hydrogen-bond donors (Lipinski definition) is 2. The van der Waals surface area contributed by atoms with Crippen LogP contribution in [0.25, 0.3) is 0 Å². The summed E-state index contributed by atoms with van der Waals surface area (Å²) < 4.78 is 0. The summed E-state index contributed by atoms with van der Waals surface area (Å²) in [5.74, 6) is 3.12. The Morgan fingerprint density at radius 1 is 1.28 bits per heavy atom. The fourth-order valence-electron chi connectivity index (χ4n) is 3.37. The molecule has 0 amide bonds. The van der Waals surface area contributed by atoms with Crippen molar-refractivity contribution in [2.45, 2.75) is 69.9 Å². The summed E-state index contributed by atoms with van der Waals surface area (Å²) in [7, 11) is 0. The zero-order chi connectivity index (χ0) is 12.8. The standard InChI is InChI=1S/C15H29NOS/c1-2-3-5-13-6-4-7-14(13)16-12-15(17)8-10-18-11-9-15/h13-14,16-17H,2-12H2,1H3. The molecule has 18 heavy (non-hydrogen) atoms. The maximum absolute atomic E-state index is 10.5. The third-order valence-corrected chi connectivity index (χ3v) is 5.69. The lowest BCUT2D eigenvalue weighted by atomic mass is 9.93. The molecule has 2 unspecified atom stereocenters. The fraction of sp³-hybridized carbons (Fsp3) is 1.00. The van der Waals surface area contributed by atoms with Crippen molar-refractivity contribution in [3.8, 4) is 0 Å². The molecule has 0 radical (unpaired) electrons. The molecule has 2 rings (SSSR count). The van der Waals surface area contributed by atoms with Gasteiger partial charge in [-0.3, -0.25) is 0 Å². The molecular formula is C15H29NOS. The summed E-state index contributed by atoms with van der Waals surface area (Å²) >= 11 is 1.98. The lowest BCUT2D eigenvalue weighted by Crippen LogP contribution is -2.47. The van der Waals surface area contributed by atoms with Crippen molar-refractivity contribution in [3.05, 3.63) is 0 Å². The number of unbranched alkanes of at least 4 members (excludes halogenated alkanes) is 1. The van der Waals surface area contributed by atoms with Crippen LogP contribution in [0.2, 0.25) is 0 Å². The van der Waals surface area contributed by atoms with Crippen molar-refractivity contribution in [2.24, 2.45) is 5.92 Å². The molecule has 0 bridgehead atoms. The van der Waals surface area contributed by atoms with Crippen LogP contribution in [0.1, 0.15) is 58.3 Å². The molecule has 0 aromatic carbocycles. The highest BCUT2D eigenvalue weighted by molar-refractivity contribution is 7.99. The molecule has 2 nitrogen and oxygen atoms in total. The summed E-state index contributed by atoms with van der Waals surface area (Å²) in [4.78, 5) is 0. The lowest BCUT2D eigenvalue weighted by Gasteiger charge is -2.34. The highest BCUT2D eigenvalue weighted by Gasteiger charge is 2.32. The van der Waals surface area contributed by atoms with Gasteiger partial charge in [0.05, 0.1) is 5.60 Å². The van der Waals surface area contributed by atoms with Gasteiger partial charge in [0.15, 0.2) is 0 Å². The van der Waals surface area contributed by atoms with Gasteiger partial charge in [0.25, 0.3) is 0 Å². The van der Waals surface area contributed by atoms with Crippen LogP contribution < -0.4 is 5.32 Å². The molecule has 1 aliphatic carbocycles. The molecule has 1 saturated carbocycles. The zero-order valence-electron chi connectivity index (χ0n) is 11.8. The fourth-order valence-corrected chi connectivity index (χ4v) is 4.62. The number of aliphatic hydroxyl groups is 1. The molecule has 1 aliphatic heterocycles. The highest BCUT2D eigenvalue weighted by Crippen LogP contribution is 2.31. The third kappa shape index (κ3) is 4.14. The normalized spacial score (nSPS) is 31.7. The molecule has 3 heteroatoms. The smallest absolute Gasteiger partial charge is 0.0787 e. The summed E-state index contributed by atoms with van der Waals surface area (Å²) in [5, 5.41) is 14.2. The second-order valence-electron chi connectivity index (χ2n) is 6.16. The Bertz CT molecular complexity index is 241. The Labute approximate surface area is 116 Å². The average molecular weight is 271 g/mol. The first-order valence-electron chi connectivity index (χ1n) is 7.77. The molecule has 2 atom stereocenters. The molecule has 106 valence electrons. The number of hydrogen-bond acceptors (Lipinski definition) is 3. The second-order valence-corrected chi connectivity index (χ2v) is 7.38. The van der Waals surface area contributed by atoms with Gasteiger partial charge in [-0.05, 0) is 49.5 Å². The maximum Gasteiger partial charge on any atom is 0.0787 e. The Hall–Kier alpha value is 0.270. The highest BCUT2D eigenvalue weighted by atomic mass is 32.2. The van der Waals surface area contributed by atoms with Crippen molar-refractivity contribution >= 4 is 11.8 Å². The zero-order valence-corrected chi connectivity index (χ0v) is 12.6. The molecule has 0 aromatic rings. The molecule has 2 fully saturated rings. The minimum absolute atomic E-state index is 0.414. The van der Waals surface area contributed by atoms with Gasteiger partial charge < -0.3 is 10.4 Å². The molecule has 0 spiro atoms. The van der Waals surface area contributed by atoms with Gasteiger partial charge in [-0.2, -0.15) is 11.8 Å². The van der Waals surface area contributed by atoms with Gasteiger partial charge >= 0.3 is 0 Å². The molecule has 2 N–H and O–H groups in total. The van der Waals surface area contributed by atoms with Gasteiger partial charge in [-0.1, -0.05) is 26.2 Å². The Balaban J connectivity index is 1.74. The summed E-state index contributed by atoms with van der Waals surface area (Å²) in [6.45, 7) is 3.10. The van der Waals surface area contributed by atoms with E-state index in [1.165, 1.54) is 38.5 Å². The van der Waals surface area contributed by atoms with Crippen molar-refractivity contribution < 1.29 is 5.11 Å². The predicted octanol–water partition coefficient (Wildman–Crippen LogP) is 3.19. The first-order chi connectivity index (χ1) is 8.73. The van der Waals surface area contributed by atoms with Crippen LogP contribution in [0.5, 0.6) is 0 Å². The number of rotatable bonds is 6. The topological polar surface area (TPSA) is 32.3 Å². The van der Waals surface area contributed by atoms with E-state index in [1.807, 2.05) is 11.8 Å². The van der Waals surface area contributed by atoms with Crippen LogP contribution in [-0.4, -0.2) is 34.8 Å². The first kappa shape index (κ1) is 14.7. The van der Waals surface area contributed by atoms with Crippen LogP contribution in [0, 0.1) is 5.92 Å². The van der Waals surface area contributed by atoms with E-state index in [9.17, 15) is 5.11 Å². The molecule has 1 saturated heterocycles. The molecule has 0 aromatic heterocycles. The van der Waals surface area contributed by atoms with E-state index in [0.29, 0.717) is 6.04 Å². The van der Waals surface area contributed by atoms with E-state index < -0.39 is 5.60 Å². The molecule has 2 aliphatic rings. The van der Waals surface area contributed by atoms with E-state index in [0.717, 1.165) is 36.8 Å². The summed E-state index contributed by atoms with van der Waals surface area (Å²) in [6, 6.07) is 0.676. The van der Waals surface area contributed by atoms with Crippen LogP contribution in [0.15, 0.2) is 0 Å². The van der Waals surface area contributed by atoms with E-state index in [4.69, 9.17) is 0 Å². The van der Waals surface area contributed by atoms with Crippen LogP contribution in [-0.2, 0) is 0 Å². The first-order valence-corrected chi connectivity index (χ1v) is 8.92. The number of nitrogens with one attached hydrogen (secondary N) is 1. The van der Waals surface area contributed by atoms with E-state index in [1.54, 1.807) is 0 Å². The SMILES string of the molecule is CCCCC1CCCC1NCC1(O)CCSCC1. The predicted molar refractivity (Wildman–Crippen MR) is 80.2 cm³/mol. The number of thioether (sulfide) groups is 1. The maximum atomic E-state index is 10.5. The quantitative estimate of drug-likeness (QED) is 0.778. The minimum atomic E-state index is -0.414. The largest absolute Gasteiger partial charge is 0.389 e. The van der Waals surface area contributed by atoms with Gasteiger partial charge in [0, 0.05) is 12.6 Å². The van der Waals surface area contributed by atoms with Crippen molar-refractivity contribution in [2.75, 3.05) is 18.1 Å². The minimum Gasteiger partial charge on any atom is -0.389 e. The van der Waals surface area contributed by atoms with Crippen LogP contribution in [0.4, 0.5) is 0 Å². The van der Waals surface area contributed by atoms with E-state index in [-0.39, 0.29) is 0 Å². The Morgan fingerprint density at radius 2 is 2.06 bits per heavy atom. The Morgan fingerprint density at radius 3 is 2.78 bits per heavy atom. The van der Waals surface area contributed by atoms with Crippen molar-refractivity contribution in [3.63, 3.8) is 0 Å². The van der Waals surface area contributed by atoms with Crippen molar-refractivity contribution in [1.82, 2.24) is 5.32 Å². The monoisotopic (exact) mass is 271 g/mol. The van der Waals surface area contributed by atoms with Gasteiger partial charge in [-0.15, -0.1) is 0 Å². The van der Waals surface area contributed by atoms with Gasteiger partial charge in [0.1, 0.15) is 0 Å². The molecular weight excluding hydrogens is 242 g/mol.